The van der Waals surface area contributed by atoms with Gasteiger partial charge in [-0.25, -0.2) is 4.98 Å². The number of hydrogen-bond donors (Lipinski definition) is 1. The molecule has 0 bridgehead atoms. The van der Waals surface area contributed by atoms with Crippen LogP contribution in [0.3, 0.4) is 0 Å². The summed E-state index contributed by atoms with van der Waals surface area (Å²) in [5.41, 5.74) is 0.954. The van der Waals surface area contributed by atoms with E-state index in [2.05, 4.69) is 10.3 Å². The Labute approximate surface area is 132 Å². The Kier molecular flexibility index (Phi) is 4.24. The third-order valence-electron chi connectivity index (χ3n) is 3.59. The Hall–Kier alpha value is -2.15. The van der Waals surface area contributed by atoms with Crippen LogP contribution >= 0.6 is 11.3 Å². The Morgan fingerprint density at radius 2 is 2.45 bits per heavy atom. The zero-order chi connectivity index (χ0) is 15.5. The number of likely N-dealkylation sites (tertiary alicyclic amines) is 1. The summed E-state index contributed by atoms with van der Waals surface area (Å²) in [6, 6.07) is 3.61. The number of carbonyl (C=O) groups excluding carboxylic acids is 2. The van der Waals surface area contributed by atoms with Crippen molar-refractivity contribution in [3.63, 3.8) is 0 Å². The fourth-order valence-electron chi connectivity index (χ4n) is 2.48. The van der Waals surface area contributed by atoms with Gasteiger partial charge in [0.1, 0.15) is 10.8 Å². The van der Waals surface area contributed by atoms with Gasteiger partial charge in [-0.15, -0.1) is 11.3 Å². The summed E-state index contributed by atoms with van der Waals surface area (Å²) in [6.07, 6.45) is 1.83. The van der Waals surface area contributed by atoms with Crippen molar-refractivity contribution in [2.45, 2.75) is 26.4 Å². The number of nitrogens with one attached hydrogen (secondary N) is 1. The topological polar surface area (TPSA) is 75.4 Å². The molecule has 0 aliphatic carbocycles. The molecule has 7 heteroatoms. The van der Waals surface area contributed by atoms with E-state index in [4.69, 9.17) is 4.42 Å². The quantitative estimate of drug-likeness (QED) is 0.910. The van der Waals surface area contributed by atoms with Gasteiger partial charge in [0.05, 0.1) is 25.3 Å². The van der Waals surface area contributed by atoms with Crippen LogP contribution in [0.25, 0.3) is 0 Å². The third-order valence-corrected chi connectivity index (χ3v) is 4.56. The molecule has 1 aliphatic rings. The molecule has 0 aromatic carbocycles. The second-order valence-corrected chi connectivity index (χ2v) is 6.30. The molecule has 3 heterocycles. The van der Waals surface area contributed by atoms with Crippen molar-refractivity contribution in [2.24, 2.45) is 5.92 Å². The standard InChI is InChI=1S/C15H17N3O3S/c1-10-9-22-13(17-10)6-16-15(20)11-5-14(19)18(7-11)8-12-3-2-4-21-12/h2-4,9,11H,5-8H2,1H3,(H,16,20)/t11-/m1/s1. The summed E-state index contributed by atoms with van der Waals surface area (Å²) >= 11 is 1.52. The number of thiazole rings is 1. The highest BCUT2D eigenvalue weighted by Gasteiger charge is 2.34. The fourth-order valence-corrected chi connectivity index (χ4v) is 3.19. The Morgan fingerprint density at radius 1 is 1.59 bits per heavy atom. The van der Waals surface area contributed by atoms with Crippen molar-refractivity contribution in [3.8, 4) is 0 Å². The highest BCUT2D eigenvalue weighted by molar-refractivity contribution is 7.09. The molecular formula is C15H17N3O3S. The predicted molar refractivity (Wildman–Crippen MR) is 80.9 cm³/mol. The van der Waals surface area contributed by atoms with Crippen molar-refractivity contribution in [2.75, 3.05) is 6.54 Å². The van der Waals surface area contributed by atoms with E-state index < -0.39 is 0 Å². The Bertz CT molecular complexity index is 665. The van der Waals surface area contributed by atoms with Crippen LogP contribution in [0.15, 0.2) is 28.2 Å². The van der Waals surface area contributed by atoms with Crippen LogP contribution in [0.5, 0.6) is 0 Å². The highest BCUT2D eigenvalue weighted by atomic mass is 32.1. The van der Waals surface area contributed by atoms with Crippen LogP contribution in [-0.2, 0) is 22.7 Å². The van der Waals surface area contributed by atoms with Gasteiger partial charge in [0.2, 0.25) is 11.8 Å². The average Bonchev–Trinajstić information content (AvgIpc) is 3.20. The number of carbonyl (C=O) groups is 2. The van der Waals surface area contributed by atoms with E-state index in [-0.39, 0.29) is 24.2 Å². The second-order valence-electron chi connectivity index (χ2n) is 5.36. The largest absolute Gasteiger partial charge is 0.467 e. The van der Waals surface area contributed by atoms with Crippen molar-refractivity contribution in [1.29, 1.82) is 0 Å². The number of furan rings is 1. The first-order valence-corrected chi connectivity index (χ1v) is 7.98. The molecule has 1 atom stereocenters. The summed E-state index contributed by atoms with van der Waals surface area (Å²) in [6.45, 7) is 3.19. The molecule has 3 rings (SSSR count). The number of hydrogen-bond acceptors (Lipinski definition) is 5. The molecule has 0 unspecified atom stereocenters. The van der Waals surface area contributed by atoms with E-state index in [1.54, 1.807) is 17.2 Å². The summed E-state index contributed by atoms with van der Waals surface area (Å²) in [5.74, 6) is 0.320. The minimum absolute atomic E-state index is 0.0124. The zero-order valence-electron chi connectivity index (χ0n) is 12.2. The summed E-state index contributed by atoms with van der Waals surface area (Å²) < 4.78 is 5.25. The smallest absolute Gasteiger partial charge is 0.225 e. The van der Waals surface area contributed by atoms with Crippen molar-refractivity contribution < 1.29 is 14.0 Å². The van der Waals surface area contributed by atoms with Gasteiger partial charge in [0, 0.05) is 24.0 Å². The molecule has 1 N–H and O–H groups in total. The Morgan fingerprint density at radius 3 is 3.14 bits per heavy atom. The van der Waals surface area contributed by atoms with Gasteiger partial charge in [-0.2, -0.15) is 0 Å². The molecule has 0 spiro atoms. The van der Waals surface area contributed by atoms with E-state index in [0.29, 0.717) is 19.6 Å². The molecule has 1 fully saturated rings. The van der Waals surface area contributed by atoms with Crippen molar-refractivity contribution >= 4 is 23.2 Å². The molecule has 6 nitrogen and oxygen atoms in total. The number of nitrogens with zero attached hydrogens (tertiary/aromatic N) is 2. The van der Waals surface area contributed by atoms with Gasteiger partial charge in [-0.1, -0.05) is 0 Å². The van der Waals surface area contributed by atoms with Crippen LogP contribution in [-0.4, -0.2) is 28.2 Å². The first-order chi connectivity index (χ1) is 10.6. The van der Waals surface area contributed by atoms with Gasteiger partial charge in [0.15, 0.2) is 0 Å². The second kappa shape index (κ2) is 6.31. The predicted octanol–water partition coefficient (Wildman–Crippen LogP) is 1.71. The van der Waals surface area contributed by atoms with Gasteiger partial charge < -0.3 is 14.6 Å². The van der Waals surface area contributed by atoms with Gasteiger partial charge in [-0.05, 0) is 19.1 Å². The van der Waals surface area contributed by atoms with E-state index in [1.807, 2.05) is 18.4 Å². The Balaban J connectivity index is 1.52. The van der Waals surface area contributed by atoms with Crippen LogP contribution in [0.2, 0.25) is 0 Å². The maximum Gasteiger partial charge on any atom is 0.225 e. The lowest BCUT2D eigenvalue weighted by Gasteiger charge is -2.14. The zero-order valence-corrected chi connectivity index (χ0v) is 13.1. The van der Waals surface area contributed by atoms with Crippen LogP contribution in [0, 0.1) is 12.8 Å². The molecule has 1 aliphatic heterocycles. The lowest BCUT2D eigenvalue weighted by Crippen LogP contribution is -2.32. The average molecular weight is 319 g/mol. The maximum absolute atomic E-state index is 12.2. The third kappa shape index (κ3) is 3.36. The lowest BCUT2D eigenvalue weighted by molar-refractivity contribution is -0.129. The number of aromatic nitrogens is 1. The monoisotopic (exact) mass is 319 g/mol. The summed E-state index contributed by atoms with van der Waals surface area (Å²) in [4.78, 5) is 30.1. The van der Waals surface area contributed by atoms with Crippen LogP contribution < -0.4 is 5.32 Å². The molecule has 2 amide bonds. The lowest BCUT2D eigenvalue weighted by atomic mass is 10.1. The van der Waals surface area contributed by atoms with E-state index >= 15 is 0 Å². The normalized spacial score (nSPS) is 18.0. The van der Waals surface area contributed by atoms with Crippen LogP contribution in [0.1, 0.15) is 22.9 Å². The molecule has 0 saturated carbocycles. The highest BCUT2D eigenvalue weighted by Crippen LogP contribution is 2.20. The van der Waals surface area contributed by atoms with Crippen molar-refractivity contribution in [1.82, 2.24) is 15.2 Å². The molecule has 2 aromatic rings. The number of aryl methyl sites for hydroxylation is 1. The molecule has 2 aromatic heterocycles. The van der Waals surface area contributed by atoms with E-state index in [0.717, 1.165) is 16.5 Å². The summed E-state index contributed by atoms with van der Waals surface area (Å²) in [5, 5.41) is 5.69. The van der Waals surface area contributed by atoms with Gasteiger partial charge in [-0.3, -0.25) is 9.59 Å². The first kappa shape index (κ1) is 14.8. The molecular weight excluding hydrogens is 302 g/mol. The van der Waals surface area contributed by atoms with Gasteiger partial charge in [0.25, 0.3) is 0 Å². The number of rotatable bonds is 5. The maximum atomic E-state index is 12.2. The SMILES string of the molecule is Cc1csc(CNC(=O)[C@@H]2CC(=O)N(Cc3ccco3)C2)n1. The molecule has 0 radical (unpaired) electrons. The number of amides is 2. The molecule has 116 valence electrons. The minimum atomic E-state index is -0.302. The molecule has 1 saturated heterocycles. The van der Waals surface area contributed by atoms with E-state index in [9.17, 15) is 9.59 Å². The van der Waals surface area contributed by atoms with Gasteiger partial charge >= 0.3 is 0 Å². The first-order valence-electron chi connectivity index (χ1n) is 7.10. The fraction of sp³-hybridized carbons (Fsp3) is 0.400. The van der Waals surface area contributed by atoms with Crippen molar-refractivity contribution in [3.05, 3.63) is 40.2 Å². The van der Waals surface area contributed by atoms with Crippen LogP contribution in [0.4, 0.5) is 0 Å². The summed E-state index contributed by atoms with van der Waals surface area (Å²) in [7, 11) is 0. The minimum Gasteiger partial charge on any atom is -0.467 e. The molecule has 22 heavy (non-hydrogen) atoms. The van der Waals surface area contributed by atoms with E-state index in [1.165, 1.54) is 11.3 Å².